The molecule has 102 valence electrons. The van der Waals surface area contributed by atoms with Crippen LogP contribution in [0.25, 0.3) is 0 Å². The first kappa shape index (κ1) is 11.9. The average Bonchev–Trinajstić information content (AvgIpc) is 2.92. The summed E-state index contributed by atoms with van der Waals surface area (Å²) in [6, 6.07) is 9.63. The Hall–Kier alpha value is -0.860. The number of nitrogens with one attached hydrogen (secondary N) is 1. The molecular formula is C17H24N2. The van der Waals surface area contributed by atoms with Gasteiger partial charge in [-0.3, -0.25) is 11.3 Å². The Morgan fingerprint density at radius 1 is 1.11 bits per heavy atom. The topological polar surface area (TPSA) is 38.0 Å². The number of nitrogens with two attached hydrogens (primary N) is 1. The first-order chi connectivity index (χ1) is 9.40. The highest BCUT2D eigenvalue weighted by atomic mass is 15.2. The average molecular weight is 256 g/mol. The van der Waals surface area contributed by atoms with Crippen molar-refractivity contribution >= 4 is 0 Å². The predicted octanol–water partition coefficient (Wildman–Crippen LogP) is 2.98. The van der Waals surface area contributed by atoms with Gasteiger partial charge in [-0.25, -0.2) is 0 Å². The fourth-order valence-corrected chi connectivity index (χ4v) is 4.99. The summed E-state index contributed by atoms with van der Waals surface area (Å²) < 4.78 is 0. The standard InChI is InChI=1S/C17H24N2/c18-19-17(12-6-1-2-7-12)16-14-10-9-11-5-3-4-8-13(11)15(14)16/h3-5,8,12,14-17,19H,1-2,6-7,9-10,18H2. The minimum absolute atomic E-state index is 0.559. The van der Waals surface area contributed by atoms with Crippen molar-refractivity contribution in [1.29, 1.82) is 0 Å². The maximum atomic E-state index is 5.92. The second kappa shape index (κ2) is 4.60. The lowest BCUT2D eigenvalue weighted by Gasteiger charge is -2.23. The third kappa shape index (κ3) is 1.85. The zero-order valence-corrected chi connectivity index (χ0v) is 11.5. The monoisotopic (exact) mass is 256 g/mol. The Kier molecular flexibility index (Phi) is 2.89. The van der Waals surface area contributed by atoms with Gasteiger partial charge in [0.25, 0.3) is 0 Å². The molecule has 4 rings (SSSR count). The Balaban J connectivity index is 1.58. The molecule has 2 fully saturated rings. The fraction of sp³-hybridized carbons (Fsp3) is 0.647. The molecule has 0 saturated heterocycles. The SMILES string of the molecule is NNC(C1CCCC1)C1C2CCc3ccccc3C21. The molecule has 2 heteroatoms. The van der Waals surface area contributed by atoms with Crippen molar-refractivity contribution in [1.82, 2.24) is 5.43 Å². The molecule has 3 aliphatic rings. The van der Waals surface area contributed by atoms with Gasteiger partial charge in [0.2, 0.25) is 0 Å². The van der Waals surface area contributed by atoms with Gasteiger partial charge < -0.3 is 0 Å². The highest BCUT2D eigenvalue weighted by molar-refractivity contribution is 5.40. The van der Waals surface area contributed by atoms with Gasteiger partial charge in [-0.15, -0.1) is 0 Å². The molecule has 1 aromatic carbocycles. The molecule has 4 unspecified atom stereocenters. The number of fused-ring (bicyclic) bond motifs is 3. The van der Waals surface area contributed by atoms with Crippen molar-refractivity contribution in [2.45, 2.75) is 50.5 Å². The molecule has 0 aromatic heterocycles. The molecule has 0 radical (unpaired) electrons. The van der Waals surface area contributed by atoms with Crippen LogP contribution in [0, 0.1) is 17.8 Å². The number of aryl methyl sites for hydroxylation is 1. The number of hydrogen-bond donors (Lipinski definition) is 2. The van der Waals surface area contributed by atoms with Gasteiger partial charge in [-0.2, -0.15) is 0 Å². The van der Waals surface area contributed by atoms with E-state index in [0.717, 1.165) is 23.7 Å². The van der Waals surface area contributed by atoms with Gasteiger partial charge in [0.1, 0.15) is 0 Å². The maximum absolute atomic E-state index is 5.92. The van der Waals surface area contributed by atoms with Crippen LogP contribution in [0.4, 0.5) is 0 Å². The molecule has 0 heterocycles. The van der Waals surface area contributed by atoms with Crippen molar-refractivity contribution in [3.63, 3.8) is 0 Å². The van der Waals surface area contributed by atoms with Crippen molar-refractivity contribution in [2.75, 3.05) is 0 Å². The van der Waals surface area contributed by atoms with Crippen LogP contribution in [-0.4, -0.2) is 6.04 Å². The van der Waals surface area contributed by atoms with Crippen LogP contribution in [0.5, 0.6) is 0 Å². The van der Waals surface area contributed by atoms with E-state index in [0.29, 0.717) is 6.04 Å². The van der Waals surface area contributed by atoms with E-state index in [1.54, 1.807) is 11.1 Å². The zero-order chi connectivity index (χ0) is 12.8. The lowest BCUT2D eigenvalue weighted by Crippen LogP contribution is -2.42. The highest BCUT2D eigenvalue weighted by Gasteiger charge is 2.57. The first-order valence-electron chi connectivity index (χ1n) is 7.94. The van der Waals surface area contributed by atoms with Gasteiger partial charge in [0.15, 0.2) is 0 Å². The summed E-state index contributed by atoms with van der Waals surface area (Å²) in [5.74, 6) is 9.24. The molecular weight excluding hydrogens is 232 g/mol. The van der Waals surface area contributed by atoms with Crippen molar-refractivity contribution in [3.8, 4) is 0 Å². The molecule has 19 heavy (non-hydrogen) atoms. The summed E-state index contributed by atoms with van der Waals surface area (Å²) in [4.78, 5) is 0. The van der Waals surface area contributed by atoms with Crippen LogP contribution >= 0.6 is 0 Å². The van der Waals surface area contributed by atoms with Crippen LogP contribution in [0.2, 0.25) is 0 Å². The second-order valence-electron chi connectivity index (χ2n) is 6.74. The minimum atomic E-state index is 0.559. The Morgan fingerprint density at radius 2 is 1.89 bits per heavy atom. The van der Waals surface area contributed by atoms with Crippen LogP contribution in [-0.2, 0) is 6.42 Å². The van der Waals surface area contributed by atoms with Gasteiger partial charge in [-0.1, -0.05) is 37.1 Å². The number of benzene rings is 1. The predicted molar refractivity (Wildman–Crippen MR) is 77.6 cm³/mol. The molecule has 0 aliphatic heterocycles. The molecule has 0 bridgehead atoms. The van der Waals surface area contributed by atoms with E-state index in [1.807, 2.05) is 0 Å². The third-order valence-electron chi connectivity index (χ3n) is 5.91. The van der Waals surface area contributed by atoms with Gasteiger partial charge in [-0.05, 0) is 60.5 Å². The molecule has 2 saturated carbocycles. The molecule has 3 aliphatic carbocycles. The third-order valence-corrected chi connectivity index (χ3v) is 5.91. The van der Waals surface area contributed by atoms with Crippen molar-refractivity contribution < 1.29 is 0 Å². The Morgan fingerprint density at radius 3 is 2.68 bits per heavy atom. The number of rotatable bonds is 3. The second-order valence-corrected chi connectivity index (χ2v) is 6.74. The van der Waals surface area contributed by atoms with Gasteiger partial charge >= 0.3 is 0 Å². The Labute approximate surface area is 115 Å². The molecule has 0 amide bonds. The van der Waals surface area contributed by atoms with E-state index >= 15 is 0 Å². The van der Waals surface area contributed by atoms with E-state index in [9.17, 15) is 0 Å². The number of hydrazine groups is 1. The highest BCUT2D eigenvalue weighted by Crippen LogP contribution is 2.62. The van der Waals surface area contributed by atoms with Gasteiger partial charge in [0, 0.05) is 6.04 Å². The van der Waals surface area contributed by atoms with Crippen LogP contribution in [0.15, 0.2) is 24.3 Å². The lowest BCUT2D eigenvalue weighted by atomic mass is 9.91. The fourth-order valence-electron chi connectivity index (χ4n) is 4.99. The zero-order valence-electron chi connectivity index (χ0n) is 11.5. The summed E-state index contributed by atoms with van der Waals surface area (Å²) >= 11 is 0. The summed E-state index contributed by atoms with van der Waals surface area (Å²) in [6.45, 7) is 0. The van der Waals surface area contributed by atoms with Crippen LogP contribution in [0.3, 0.4) is 0 Å². The van der Waals surface area contributed by atoms with Crippen molar-refractivity contribution in [2.24, 2.45) is 23.6 Å². The summed E-state index contributed by atoms with van der Waals surface area (Å²) in [6.07, 6.45) is 8.22. The van der Waals surface area contributed by atoms with E-state index in [4.69, 9.17) is 5.84 Å². The van der Waals surface area contributed by atoms with E-state index < -0.39 is 0 Å². The lowest BCUT2D eigenvalue weighted by molar-refractivity contribution is 0.314. The quantitative estimate of drug-likeness (QED) is 0.644. The molecule has 4 atom stereocenters. The smallest absolute Gasteiger partial charge is 0.0275 e. The normalized spacial score (nSPS) is 34.7. The first-order valence-corrected chi connectivity index (χ1v) is 7.94. The maximum Gasteiger partial charge on any atom is 0.0275 e. The van der Waals surface area contributed by atoms with Crippen LogP contribution < -0.4 is 11.3 Å². The van der Waals surface area contributed by atoms with E-state index in [1.165, 1.54) is 38.5 Å². The minimum Gasteiger partial charge on any atom is -0.271 e. The molecule has 3 N–H and O–H groups in total. The largest absolute Gasteiger partial charge is 0.271 e. The molecule has 0 spiro atoms. The molecule has 1 aromatic rings. The summed E-state index contributed by atoms with van der Waals surface area (Å²) in [7, 11) is 0. The van der Waals surface area contributed by atoms with Crippen molar-refractivity contribution in [3.05, 3.63) is 35.4 Å². The summed E-state index contributed by atoms with van der Waals surface area (Å²) in [5.41, 5.74) is 6.41. The van der Waals surface area contributed by atoms with E-state index in [2.05, 4.69) is 29.7 Å². The van der Waals surface area contributed by atoms with E-state index in [-0.39, 0.29) is 0 Å². The Bertz CT molecular complexity index is 464. The molecule has 2 nitrogen and oxygen atoms in total. The number of hydrogen-bond acceptors (Lipinski definition) is 2. The van der Waals surface area contributed by atoms with Crippen LogP contribution in [0.1, 0.15) is 49.1 Å². The van der Waals surface area contributed by atoms with Gasteiger partial charge in [0.05, 0.1) is 0 Å². The summed E-state index contributed by atoms with van der Waals surface area (Å²) in [5, 5.41) is 0.